The highest BCUT2D eigenvalue weighted by atomic mass is 16.1. The summed E-state index contributed by atoms with van der Waals surface area (Å²) in [6, 6.07) is 0. The SMILES string of the molecule is C#C[C@@H]1[C@@H]2CC[C@H]1C(=O)C2. The first kappa shape index (κ1) is 5.97. The van der Waals surface area contributed by atoms with Crippen LogP contribution in [0.4, 0.5) is 0 Å². The van der Waals surface area contributed by atoms with Crippen molar-refractivity contribution in [1.29, 1.82) is 0 Å². The fourth-order valence-corrected chi connectivity index (χ4v) is 2.33. The number of Topliss-reactive ketones (excluding diaryl/α,β-unsaturated/α-hetero) is 1. The lowest BCUT2D eigenvalue weighted by molar-refractivity contribution is -0.121. The minimum atomic E-state index is 0.245. The van der Waals surface area contributed by atoms with E-state index in [1.165, 1.54) is 6.42 Å². The third kappa shape index (κ3) is 0.568. The molecule has 2 bridgehead atoms. The second-order valence-electron chi connectivity index (χ2n) is 3.31. The van der Waals surface area contributed by atoms with Gasteiger partial charge in [0, 0.05) is 18.3 Å². The number of carbonyl (C=O) groups is 1. The second kappa shape index (κ2) is 1.85. The summed E-state index contributed by atoms with van der Waals surface area (Å²) in [6.45, 7) is 0. The highest BCUT2D eigenvalue weighted by Gasteiger charge is 2.46. The van der Waals surface area contributed by atoms with Gasteiger partial charge in [0.15, 0.2) is 0 Å². The normalized spacial score (nSPS) is 43.9. The van der Waals surface area contributed by atoms with Crippen molar-refractivity contribution in [2.75, 3.05) is 0 Å². The molecular weight excluding hydrogens is 124 g/mol. The van der Waals surface area contributed by atoms with Gasteiger partial charge in [0.2, 0.25) is 0 Å². The van der Waals surface area contributed by atoms with Gasteiger partial charge in [-0.05, 0) is 18.8 Å². The van der Waals surface area contributed by atoms with E-state index in [0.717, 1.165) is 12.8 Å². The molecule has 0 spiro atoms. The largest absolute Gasteiger partial charge is 0.299 e. The summed E-state index contributed by atoms with van der Waals surface area (Å²) >= 11 is 0. The van der Waals surface area contributed by atoms with E-state index in [1.54, 1.807) is 0 Å². The molecule has 0 aromatic rings. The predicted molar refractivity (Wildman–Crippen MR) is 38.2 cm³/mol. The molecule has 0 heterocycles. The standard InChI is InChI=1S/C9H10O/c1-2-7-6-3-4-8(7)9(10)5-6/h1,6-8H,3-5H2/t6-,7-,8-/m1/s1. The van der Waals surface area contributed by atoms with Gasteiger partial charge >= 0.3 is 0 Å². The number of terminal acetylenes is 1. The Balaban J connectivity index is 2.28. The van der Waals surface area contributed by atoms with E-state index >= 15 is 0 Å². The van der Waals surface area contributed by atoms with Crippen LogP contribution in [0.3, 0.4) is 0 Å². The van der Waals surface area contributed by atoms with E-state index in [4.69, 9.17) is 6.42 Å². The Kier molecular flexibility index (Phi) is 1.11. The van der Waals surface area contributed by atoms with Gasteiger partial charge in [0.1, 0.15) is 5.78 Å². The van der Waals surface area contributed by atoms with Crippen LogP contribution in [0, 0.1) is 30.1 Å². The molecule has 0 aromatic heterocycles. The van der Waals surface area contributed by atoms with Gasteiger partial charge in [-0.2, -0.15) is 0 Å². The molecule has 2 aliphatic carbocycles. The molecule has 0 aromatic carbocycles. The van der Waals surface area contributed by atoms with Gasteiger partial charge in [0.25, 0.3) is 0 Å². The first-order chi connectivity index (χ1) is 4.83. The number of fused-ring (bicyclic) bond motifs is 2. The Bertz CT molecular complexity index is 211. The van der Waals surface area contributed by atoms with E-state index < -0.39 is 0 Å². The molecule has 2 saturated carbocycles. The van der Waals surface area contributed by atoms with Crippen molar-refractivity contribution in [2.24, 2.45) is 17.8 Å². The van der Waals surface area contributed by atoms with Gasteiger partial charge in [0.05, 0.1) is 0 Å². The minimum Gasteiger partial charge on any atom is -0.299 e. The predicted octanol–water partition coefficient (Wildman–Crippen LogP) is 1.23. The molecule has 0 radical (unpaired) electrons. The Morgan fingerprint density at radius 3 is 2.60 bits per heavy atom. The van der Waals surface area contributed by atoms with Crippen LogP contribution in [-0.4, -0.2) is 5.78 Å². The van der Waals surface area contributed by atoms with Crippen molar-refractivity contribution in [3.8, 4) is 12.3 Å². The lowest BCUT2D eigenvalue weighted by Gasteiger charge is -2.04. The molecule has 2 aliphatic rings. The monoisotopic (exact) mass is 134 g/mol. The second-order valence-corrected chi connectivity index (χ2v) is 3.31. The van der Waals surface area contributed by atoms with Gasteiger partial charge in [-0.1, -0.05) is 0 Å². The van der Waals surface area contributed by atoms with Crippen molar-refractivity contribution in [3.63, 3.8) is 0 Å². The van der Waals surface area contributed by atoms with Gasteiger partial charge in [-0.25, -0.2) is 0 Å². The molecule has 0 unspecified atom stereocenters. The van der Waals surface area contributed by atoms with Gasteiger partial charge in [-0.15, -0.1) is 12.3 Å². The Morgan fingerprint density at radius 2 is 2.30 bits per heavy atom. The van der Waals surface area contributed by atoms with Crippen molar-refractivity contribution in [2.45, 2.75) is 19.3 Å². The summed E-state index contributed by atoms with van der Waals surface area (Å²) in [7, 11) is 0. The zero-order chi connectivity index (χ0) is 7.14. The topological polar surface area (TPSA) is 17.1 Å². The zero-order valence-corrected chi connectivity index (χ0v) is 5.84. The van der Waals surface area contributed by atoms with Crippen LogP contribution in [0.2, 0.25) is 0 Å². The molecule has 0 saturated heterocycles. The van der Waals surface area contributed by atoms with E-state index in [9.17, 15) is 4.79 Å². The van der Waals surface area contributed by atoms with E-state index in [-0.39, 0.29) is 5.92 Å². The molecular formula is C9H10O. The maximum Gasteiger partial charge on any atom is 0.137 e. The Morgan fingerprint density at radius 1 is 1.50 bits per heavy atom. The summed E-state index contributed by atoms with van der Waals surface area (Å²) in [5.74, 6) is 4.24. The number of ketones is 1. The molecule has 1 nitrogen and oxygen atoms in total. The molecule has 52 valence electrons. The first-order valence-electron chi connectivity index (χ1n) is 3.82. The van der Waals surface area contributed by atoms with E-state index in [1.807, 2.05) is 0 Å². The highest BCUT2D eigenvalue weighted by molar-refractivity contribution is 5.85. The lowest BCUT2D eigenvalue weighted by atomic mass is 9.99. The maximum absolute atomic E-state index is 11.1. The van der Waals surface area contributed by atoms with Crippen LogP contribution >= 0.6 is 0 Å². The fourth-order valence-electron chi connectivity index (χ4n) is 2.33. The summed E-state index contributed by atoms with van der Waals surface area (Å²) in [5, 5.41) is 0. The molecule has 3 atom stereocenters. The molecule has 2 rings (SSSR count). The molecule has 10 heavy (non-hydrogen) atoms. The lowest BCUT2D eigenvalue weighted by Crippen LogP contribution is -2.09. The maximum atomic E-state index is 11.1. The van der Waals surface area contributed by atoms with Gasteiger partial charge in [-0.3, -0.25) is 4.79 Å². The number of rotatable bonds is 0. The van der Waals surface area contributed by atoms with Crippen molar-refractivity contribution in [3.05, 3.63) is 0 Å². The van der Waals surface area contributed by atoms with E-state index in [2.05, 4.69) is 5.92 Å². The summed E-state index contributed by atoms with van der Waals surface area (Å²) in [4.78, 5) is 11.1. The van der Waals surface area contributed by atoms with Crippen LogP contribution in [0.25, 0.3) is 0 Å². The van der Waals surface area contributed by atoms with E-state index in [0.29, 0.717) is 17.6 Å². The Hall–Kier alpha value is -0.770. The van der Waals surface area contributed by atoms with Crippen LogP contribution in [0.1, 0.15) is 19.3 Å². The third-order valence-corrected chi connectivity index (χ3v) is 2.86. The quantitative estimate of drug-likeness (QED) is 0.455. The zero-order valence-electron chi connectivity index (χ0n) is 5.84. The first-order valence-corrected chi connectivity index (χ1v) is 3.82. The smallest absolute Gasteiger partial charge is 0.137 e. The van der Waals surface area contributed by atoms with Crippen molar-refractivity contribution in [1.82, 2.24) is 0 Å². The molecule has 0 aliphatic heterocycles. The highest BCUT2D eigenvalue weighted by Crippen LogP contribution is 2.46. The van der Waals surface area contributed by atoms with Crippen LogP contribution in [-0.2, 0) is 4.79 Å². The molecule has 2 fully saturated rings. The summed E-state index contributed by atoms with van der Waals surface area (Å²) in [6.07, 6.45) is 8.32. The van der Waals surface area contributed by atoms with Crippen molar-refractivity contribution >= 4 is 5.78 Å². The average Bonchev–Trinajstić information content (AvgIpc) is 2.42. The summed E-state index contributed by atoms with van der Waals surface area (Å²) in [5.41, 5.74) is 0. The number of carbonyl (C=O) groups excluding carboxylic acids is 1. The molecule has 1 heteroatoms. The van der Waals surface area contributed by atoms with Crippen molar-refractivity contribution < 1.29 is 4.79 Å². The van der Waals surface area contributed by atoms with Crippen LogP contribution in [0.15, 0.2) is 0 Å². The molecule has 0 amide bonds. The number of hydrogen-bond acceptors (Lipinski definition) is 1. The van der Waals surface area contributed by atoms with Crippen LogP contribution in [0.5, 0.6) is 0 Å². The minimum absolute atomic E-state index is 0.245. The average molecular weight is 134 g/mol. The van der Waals surface area contributed by atoms with Gasteiger partial charge < -0.3 is 0 Å². The Labute approximate surface area is 60.8 Å². The summed E-state index contributed by atoms with van der Waals surface area (Å²) < 4.78 is 0. The number of hydrogen-bond donors (Lipinski definition) is 0. The third-order valence-electron chi connectivity index (χ3n) is 2.86. The van der Waals surface area contributed by atoms with Crippen LogP contribution < -0.4 is 0 Å². The fraction of sp³-hybridized carbons (Fsp3) is 0.667. The molecule has 0 N–H and O–H groups in total.